The van der Waals surface area contributed by atoms with Gasteiger partial charge in [-0.25, -0.2) is 0 Å². The van der Waals surface area contributed by atoms with Crippen molar-refractivity contribution in [3.8, 4) is 0 Å². The summed E-state index contributed by atoms with van der Waals surface area (Å²) in [6, 6.07) is 0. The van der Waals surface area contributed by atoms with E-state index in [-0.39, 0.29) is 25.4 Å². The molecule has 0 aromatic heterocycles. The van der Waals surface area contributed by atoms with Crippen molar-refractivity contribution in [1.29, 1.82) is 0 Å². The summed E-state index contributed by atoms with van der Waals surface area (Å²) in [4.78, 5) is 0. The lowest BCUT2D eigenvalue weighted by atomic mass is 10.3. The Balaban J connectivity index is 2.87. The fourth-order valence-corrected chi connectivity index (χ4v) is 1.96. The molecule has 0 spiro atoms. The molecule has 0 bridgehead atoms. The predicted octanol–water partition coefficient (Wildman–Crippen LogP) is 1.81. The Morgan fingerprint density at radius 1 is 1.62 bits per heavy atom. The summed E-state index contributed by atoms with van der Waals surface area (Å²) in [7, 11) is -5.02. The van der Waals surface area contributed by atoms with Crippen LogP contribution in [0.4, 0.5) is 8.78 Å². The first-order valence-electron chi connectivity index (χ1n) is 4.52. The minimum Gasteiger partial charge on any atom is -0.383 e. The maximum Gasteiger partial charge on any atom is 0.401 e. The van der Waals surface area contributed by atoms with Crippen molar-refractivity contribution >= 4 is 10.1 Å². The molecule has 1 aliphatic heterocycles. The first kappa shape index (κ1) is 13.1. The average Bonchev–Trinajstić information content (AvgIpc) is 2.18. The van der Waals surface area contributed by atoms with Crippen LogP contribution in [0.3, 0.4) is 0 Å². The molecule has 1 aliphatic rings. The summed E-state index contributed by atoms with van der Waals surface area (Å²) in [6.07, 6.45) is 1.47. The van der Waals surface area contributed by atoms with Crippen LogP contribution in [0.2, 0.25) is 0 Å². The Hall–Kier alpha value is -0.950. The van der Waals surface area contributed by atoms with Crippen molar-refractivity contribution in [2.75, 3.05) is 13.2 Å². The van der Waals surface area contributed by atoms with Crippen LogP contribution in [-0.4, -0.2) is 26.9 Å². The van der Waals surface area contributed by atoms with Crippen LogP contribution >= 0.6 is 0 Å². The SMILES string of the molecule is C=C(C)C(F)(F)S(=O)(=O)OC1=CCOCC1. The molecule has 16 heavy (non-hydrogen) atoms. The van der Waals surface area contributed by atoms with Gasteiger partial charge in [-0.05, 0) is 13.0 Å². The number of rotatable bonds is 4. The second kappa shape index (κ2) is 4.50. The van der Waals surface area contributed by atoms with Crippen LogP contribution in [0.1, 0.15) is 13.3 Å². The van der Waals surface area contributed by atoms with E-state index in [9.17, 15) is 17.2 Å². The Morgan fingerprint density at radius 2 is 2.25 bits per heavy atom. The van der Waals surface area contributed by atoms with Crippen molar-refractivity contribution in [2.45, 2.75) is 18.6 Å². The van der Waals surface area contributed by atoms with Crippen molar-refractivity contribution in [2.24, 2.45) is 0 Å². The second-order valence-electron chi connectivity index (χ2n) is 3.33. The second-order valence-corrected chi connectivity index (χ2v) is 4.92. The molecule has 0 radical (unpaired) electrons. The summed E-state index contributed by atoms with van der Waals surface area (Å²) in [5, 5.41) is -4.08. The summed E-state index contributed by atoms with van der Waals surface area (Å²) in [5.74, 6) is -0.0211. The van der Waals surface area contributed by atoms with Gasteiger partial charge in [0, 0.05) is 12.0 Å². The zero-order valence-electron chi connectivity index (χ0n) is 8.70. The molecule has 92 valence electrons. The summed E-state index contributed by atoms with van der Waals surface area (Å²) >= 11 is 0. The molecular weight excluding hydrogens is 242 g/mol. The van der Waals surface area contributed by atoms with E-state index in [1.165, 1.54) is 6.08 Å². The predicted molar refractivity (Wildman–Crippen MR) is 53.3 cm³/mol. The molecular formula is C9H12F2O4S. The van der Waals surface area contributed by atoms with Crippen LogP contribution in [-0.2, 0) is 19.0 Å². The molecule has 4 nitrogen and oxygen atoms in total. The standard InChI is InChI=1S/C9H12F2O4S/c1-7(2)9(10,11)16(12,13)15-8-3-5-14-6-4-8/h3H,1,4-6H2,2H3. The Kier molecular flexibility index (Phi) is 3.69. The summed E-state index contributed by atoms with van der Waals surface area (Å²) < 4.78 is 58.1. The van der Waals surface area contributed by atoms with Gasteiger partial charge in [0.2, 0.25) is 0 Å². The zero-order chi connectivity index (χ0) is 12.4. The van der Waals surface area contributed by atoms with E-state index in [2.05, 4.69) is 10.8 Å². The van der Waals surface area contributed by atoms with Gasteiger partial charge in [-0.15, -0.1) is 0 Å². The number of hydrogen-bond acceptors (Lipinski definition) is 4. The summed E-state index contributed by atoms with van der Waals surface area (Å²) in [6.45, 7) is 4.27. The van der Waals surface area contributed by atoms with Crippen LogP contribution in [0, 0.1) is 0 Å². The third kappa shape index (κ3) is 2.59. The van der Waals surface area contributed by atoms with Gasteiger partial charge in [0.25, 0.3) is 0 Å². The fraction of sp³-hybridized carbons (Fsp3) is 0.556. The smallest absolute Gasteiger partial charge is 0.383 e. The lowest BCUT2D eigenvalue weighted by Gasteiger charge is -2.19. The third-order valence-electron chi connectivity index (χ3n) is 1.95. The molecule has 0 fully saturated rings. The molecule has 1 heterocycles. The normalized spacial score (nSPS) is 17.8. The van der Waals surface area contributed by atoms with Gasteiger partial charge in [-0.3, -0.25) is 0 Å². The highest BCUT2D eigenvalue weighted by molar-refractivity contribution is 7.88. The first-order chi connectivity index (χ1) is 7.27. The quantitative estimate of drug-likeness (QED) is 0.567. The molecule has 0 saturated carbocycles. The van der Waals surface area contributed by atoms with Crippen LogP contribution in [0.5, 0.6) is 0 Å². The molecule has 0 aromatic carbocycles. The molecule has 0 aromatic rings. The lowest BCUT2D eigenvalue weighted by molar-refractivity contribution is 0.108. The van der Waals surface area contributed by atoms with Crippen LogP contribution < -0.4 is 0 Å². The zero-order valence-corrected chi connectivity index (χ0v) is 9.52. The third-order valence-corrected chi connectivity index (χ3v) is 3.36. The van der Waals surface area contributed by atoms with Gasteiger partial charge in [0.05, 0.1) is 13.2 Å². The van der Waals surface area contributed by atoms with Gasteiger partial charge in [-0.2, -0.15) is 17.2 Å². The maximum absolute atomic E-state index is 13.2. The molecule has 0 amide bonds. The van der Waals surface area contributed by atoms with Crippen molar-refractivity contribution in [1.82, 2.24) is 0 Å². The largest absolute Gasteiger partial charge is 0.401 e. The van der Waals surface area contributed by atoms with Crippen molar-refractivity contribution in [3.63, 3.8) is 0 Å². The Morgan fingerprint density at radius 3 is 2.69 bits per heavy atom. The van der Waals surface area contributed by atoms with E-state index in [1.807, 2.05) is 0 Å². The van der Waals surface area contributed by atoms with Crippen LogP contribution in [0.15, 0.2) is 24.0 Å². The molecule has 1 rings (SSSR count). The maximum atomic E-state index is 13.2. The van der Waals surface area contributed by atoms with E-state index in [1.54, 1.807) is 0 Å². The minimum absolute atomic E-state index is 0.0211. The van der Waals surface area contributed by atoms with E-state index in [4.69, 9.17) is 4.74 Å². The molecule has 7 heteroatoms. The van der Waals surface area contributed by atoms with E-state index >= 15 is 0 Å². The van der Waals surface area contributed by atoms with Crippen molar-refractivity contribution < 1.29 is 26.1 Å². The average molecular weight is 254 g/mol. The fourth-order valence-electron chi connectivity index (χ4n) is 0.992. The molecule has 0 atom stereocenters. The highest BCUT2D eigenvalue weighted by Crippen LogP contribution is 2.32. The highest BCUT2D eigenvalue weighted by atomic mass is 32.2. The monoisotopic (exact) mass is 254 g/mol. The first-order valence-corrected chi connectivity index (χ1v) is 5.93. The summed E-state index contributed by atoms with van der Waals surface area (Å²) in [5.41, 5.74) is -0.778. The number of hydrogen-bond donors (Lipinski definition) is 0. The molecule has 0 aliphatic carbocycles. The molecule has 0 saturated heterocycles. The van der Waals surface area contributed by atoms with E-state index in [0.717, 1.165) is 6.92 Å². The van der Waals surface area contributed by atoms with E-state index in [0.29, 0.717) is 0 Å². The van der Waals surface area contributed by atoms with Gasteiger partial charge in [0.15, 0.2) is 0 Å². The van der Waals surface area contributed by atoms with Gasteiger partial charge in [-0.1, -0.05) is 6.58 Å². The number of ether oxygens (including phenoxy) is 1. The van der Waals surface area contributed by atoms with Gasteiger partial charge >= 0.3 is 15.4 Å². The molecule has 0 N–H and O–H groups in total. The van der Waals surface area contributed by atoms with Gasteiger partial charge < -0.3 is 8.92 Å². The topological polar surface area (TPSA) is 52.6 Å². The highest BCUT2D eigenvalue weighted by Gasteiger charge is 2.48. The van der Waals surface area contributed by atoms with Crippen LogP contribution in [0.25, 0.3) is 0 Å². The number of halogens is 2. The van der Waals surface area contributed by atoms with Crippen molar-refractivity contribution in [3.05, 3.63) is 24.0 Å². The Bertz CT molecular complexity index is 411. The molecule has 0 unspecified atom stereocenters. The Labute approximate surface area is 92.7 Å². The van der Waals surface area contributed by atoms with Gasteiger partial charge in [0.1, 0.15) is 5.76 Å². The minimum atomic E-state index is -5.02. The number of alkyl halides is 2. The lowest BCUT2D eigenvalue weighted by Crippen LogP contribution is -2.31. The van der Waals surface area contributed by atoms with E-state index < -0.39 is 20.9 Å².